The Labute approximate surface area is 159 Å². The highest BCUT2D eigenvalue weighted by Gasteiger charge is 2.14. The van der Waals surface area contributed by atoms with E-state index >= 15 is 0 Å². The minimum atomic E-state index is -0.533. The molecule has 3 rings (SSSR count). The monoisotopic (exact) mass is 389 g/mol. The number of anilines is 2. The van der Waals surface area contributed by atoms with Gasteiger partial charge in [0.15, 0.2) is 18.2 Å². The third-order valence-electron chi connectivity index (χ3n) is 3.38. The number of nitrogens with zero attached hydrogens (tertiary/aromatic N) is 2. The van der Waals surface area contributed by atoms with Gasteiger partial charge in [0.1, 0.15) is 12.0 Å². The molecule has 1 fully saturated rings. The molecular formula is C17H16ClN5O4. The quantitative estimate of drug-likeness (QED) is 0.692. The molecule has 0 bridgehead atoms. The molecule has 10 heteroatoms. The summed E-state index contributed by atoms with van der Waals surface area (Å²) in [6.45, 7) is 1.95. The molecule has 140 valence electrons. The molecule has 1 aliphatic rings. The molecular weight excluding hydrogens is 374 g/mol. The normalized spacial score (nSPS) is 14.9. The summed E-state index contributed by atoms with van der Waals surface area (Å²) in [5.41, 5.74) is 1.08. The molecule has 1 aliphatic heterocycles. The second kappa shape index (κ2) is 8.37. The van der Waals surface area contributed by atoms with Crippen molar-refractivity contribution in [3.05, 3.63) is 53.3 Å². The Morgan fingerprint density at radius 2 is 2.19 bits per heavy atom. The van der Waals surface area contributed by atoms with Crippen molar-refractivity contribution < 1.29 is 19.1 Å². The molecule has 1 aromatic heterocycles. The molecule has 1 aromatic carbocycles. The molecule has 3 N–H and O–H groups in total. The summed E-state index contributed by atoms with van der Waals surface area (Å²) in [5, 5.41) is 8.25. The fourth-order valence-corrected chi connectivity index (χ4v) is 2.25. The van der Waals surface area contributed by atoms with E-state index in [1.807, 2.05) is 0 Å². The number of morpholine rings is 1. The Morgan fingerprint density at radius 3 is 2.89 bits per heavy atom. The standard InChI is InChI=1S/C17H16ClN5O4/c1-10-5-20-15(7-19-10)23-17(25)22-13-4-11(18)2-3-14(13)27-8-12-6-21-16(24)9-26-12/h2-5,7-8H,6,9H2,1H3,(H,21,24)(H2,20,22,23,25)/b12-8-. The third-order valence-corrected chi connectivity index (χ3v) is 3.61. The number of aromatic nitrogens is 2. The highest BCUT2D eigenvalue weighted by Crippen LogP contribution is 2.28. The van der Waals surface area contributed by atoms with E-state index in [9.17, 15) is 9.59 Å². The van der Waals surface area contributed by atoms with Crippen LogP contribution in [0, 0.1) is 6.92 Å². The predicted molar refractivity (Wildman–Crippen MR) is 98.5 cm³/mol. The molecule has 0 aliphatic carbocycles. The van der Waals surface area contributed by atoms with E-state index in [0.29, 0.717) is 28.0 Å². The van der Waals surface area contributed by atoms with Gasteiger partial charge in [-0.25, -0.2) is 9.78 Å². The number of hydrogen-bond acceptors (Lipinski definition) is 6. The number of aryl methyl sites for hydroxylation is 1. The van der Waals surface area contributed by atoms with Gasteiger partial charge in [0.05, 0.1) is 30.3 Å². The average Bonchev–Trinajstić information content (AvgIpc) is 2.64. The average molecular weight is 390 g/mol. The maximum atomic E-state index is 12.2. The Hall–Kier alpha value is -3.33. The van der Waals surface area contributed by atoms with Gasteiger partial charge < -0.3 is 20.1 Å². The summed E-state index contributed by atoms with van der Waals surface area (Å²) in [6.07, 6.45) is 4.35. The summed E-state index contributed by atoms with van der Waals surface area (Å²) in [5.74, 6) is 0.903. The van der Waals surface area contributed by atoms with Crippen molar-refractivity contribution in [3.8, 4) is 5.75 Å². The molecule has 0 spiro atoms. The van der Waals surface area contributed by atoms with Crippen LogP contribution >= 0.6 is 11.6 Å². The van der Waals surface area contributed by atoms with Crippen LogP contribution in [-0.2, 0) is 9.53 Å². The second-order valence-electron chi connectivity index (χ2n) is 5.53. The van der Waals surface area contributed by atoms with Crippen molar-refractivity contribution >= 4 is 35.0 Å². The van der Waals surface area contributed by atoms with Gasteiger partial charge in [-0.1, -0.05) is 11.6 Å². The van der Waals surface area contributed by atoms with Crippen LogP contribution in [0.25, 0.3) is 0 Å². The van der Waals surface area contributed by atoms with E-state index < -0.39 is 6.03 Å². The zero-order valence-electron chi connectivity index (χ0n) is 14.3. The maximum Gasteiger partial charge on any atom is 0.325 e. The number of halogens is 1. The van der Waals surface area contributed by atoms with Crippen LogP contribution in [0.4, 0.5) is 16.3 Å². The number of urea groups is 1. The highest BCUT2D eigenvalue weighted by atomic mass is 35.5. The molecule has 1 saturated heterocycles. The van der Waals surface area contributed by atoms with E-state index in [2.05, 4.69) is 25.9 Å². The first-order valence-corrected chi connectivity index (χ1v) is 8.29. The fourth-order valence-electron chi connectivity index (χ4n) is 2.08. The molecule has 27 heavy (non-hydrogen) atoms. The van der Waals surface area contributed by atoms with Gasteiger partial charge in [-0.05, 0) is 25.1 Å². The third kappa shape index (κ3) is 5.32. The van der Waals surface area contributed by atoms with Crippen molar-refractivity contribution in [3.63, 3.8) is 0 Å². The Kier molecular flexibility index (Phi) is 5.72. The first-order chi connectivity index (χ1) is 13.0. The Bertz CT molecular complexity index is 873. The van der Waals surface area contributed by atoms with E-state index in [1.165, 1.54) is 12.5 Å². The summed E-state index contributed by atoms with van der Waals surface area (Å²) < 4.78 is 10.8. The summed E-state index contributed by atoms with van der Waals surface area (Å²) in [4.78, 5) is 31.4. The first-order valence-electron chi connectivity index (χ1n) is 7.91. The number of nitrogens with one attached hydrogen (secondary N) is 3. The van der Waals surface area contributed by atoms with Crippen LogP contribution in [0.3, 0.4) is 0 Å². The SMILES string of the molecule is Cc1cnc(NC(=O)Nc2cc(Cl)ccc2O/C=C2/CNC(=O)CO2)cn1. The van der Waals surface area contributed by atoms with Crippen LogP contribution in [-0.4, -0.2) is 35.1 Å². The van der Waals surface area contributed by atoms with E-state index in [1.54, 1.807) is 31.3 Å². The topological polar surface area (TPSA) is 114 Å². The number of rotatable bonds is 4. The van der Waals surface area contributed by atoms with Gasteiger partial charge in [-0.15, -0.1) is 0 Å². The molecule has 0 saturated carbocycles. The van der Waals surface area contributed by atoms with Crippen LogP contribution in [0.15, 0.2) is 42.6 Å². The smallest absolute Gasteiger partial charge is 0.325 e. The molecule has 3 amide bonds. The second-order valence-corrected chi connectivity index (χ2v) is 5.97. The van der Waals surface area contributed by atoms with Crippen molar-refractivity contribution in [2.24, 2.45) is 0 Å². The van der Waals surface area contributed by atoms with Gasteiger partial charge in [0.25, 0.3) is 5.91 Å². The lowest BCUT2D eigenvalue weighted by Gasteiger charge is -2.17. The van der Waals surface area contributed by atoms with Crippen LogP contribution in [0.2, 0.25) is 5.02 Å². The van der Waals surface area contributed by atoms with E-state index in [0.717, 1.165) is 5.69 Å². The lowest BCUT2D eigenvalue weighted by Crippen LogP contribution is -2.35. The molecule has 0 unspecified atom stereocenters. The van der Waals surface area contributed by atoms with Gasteiger partial charge >= 0.3 is 6.03 Å². The summed E-state index contributed by atoms with van der Waals surface area (Å²) in [7, 11) is 0. The van der Waals surface area contributed by atoms with Crippen molar-refractivity contribution in [2.45, 2.75) is 6.92 Å². The molecule has 2 heterocycles. The van der Waals surface area contributed by atoms with Crippen LogP contribution in [0.1, 0.15) is 5.69 Å². The highest BCUT2D eigenvalue weighted by molar-refractivity contribution is 6.31. The number of carbonyl (C=O) groups is 2. The van der Waals surface area contributed by atoms with Gasteiger partial charge in [-0.3, -0.25) is 15.1 Å². The molecule has 9 nitrogen and oxygen atoms in total. The zero-order chi connectivity index (χ0) is 19.2. The van der Waals surface area contributed by atoms with E-state index in [-0.39, 0.29) is 19.1 Å². The van der Waals surface area contributed by atoms with Crippen molar-refractivity contribution in [2.75, 3.05) is 23.8 Å². The number of ether oxygens (including phenoxy) is 2. The summed E-state index contributed by atoms with van der Waals surface area (Å²) >= 11 is 6.01. The molecule has 0 atom stereocenters. The van der Waals surface area contributed by atoms with Crippen LogP contribution < -0.4 is 20.7 Å². The molecule has 2 aromatic rings. The lowest BCUT2D eigenvalue weighted by molar-refractivity contribution is -0.126. The largest absolute Gasteiger partial charge is 0.483 e. The number of carbonyl (C=O) groups excluding carboxylic acids is 2. The minimum Gasteiger partial charge on any atom is -0.483 e. The predicted octanol–water partition coefficient (Wildman–Crippen LogP) is 2.45. The number of amides is 3. The Balaban J connectivity index is 1.68. The first kappa shape index (κ1) is 18.5. The fraction of sp³-hybridized carbons (Fsp3) is 0.176. The van der Waals surface area contributed by atoms with E-state index in [4.69, 9.17) is 21.1 Å². The Morgan fingerprint density at radius 1 is 1.33 bits per heavy atom. The van der Waals surface area contributed by atoms with Crippen LogP contribution in [0.5, 0.6) is 5.75 Å². The summed E-state index contributed by atoms with van der Waals surface area (Å²) in [6, 6.07) is 4.23. The number of hydrogen-bond donors (Lipinski definition) is 3. The lowest BCUT2D eigenvalue weighted by atomic mass is 10.3. The minimum absolute atomic E-state index is 0.0685. The molecule has 0 radical (unpaired) electrons. The van der Waals surface area contributed by atoms with Gasteiger partial charge in [0, 0.05) is 5.02 Å². The number of benzene rings is 1. The van der Waals surface area contributed by atoms with Gasteiger partial charge in [0.2, 0.25) is 0 Å². The van der Waals surface area contributed by atoms with Crippen molar-refractivity contribution in [1.82, 2.24) is 15.3 Å². The van der Waals surface area contributed by atoms with Gasteiger partial charge in [-0.2, -0.15) is 0 Å². The van der Waals surface area contributed by atoms with Crippen molar-refractivity contribution in [1.29, 1.82) is 0 Å². The maximum absolute atomic E-state index is 12.2. The zero-order valence-corrected chi connectivity index (χ0v) is 15.0.